The molecular weight excluding hydrogens is 265 g/mol. The smallest absolute Gasteiger partial charge is 0.139 e. The fraction of sp³-hybridized carbons (Fsp3) is 0.533. The van der Waals surface area contributed by atoms with Crippen LogP contribution in [0.5, 0.6) is 0 Å². The van der Waals surface area contributed by atoms with Crippen molar-refractivity contribution in [2.75, 3.05) is 0 Å². The minimum Gasteiger partial charge on any atom is -0.325 e. The molecule has 1 fully saturated rings. The average molecular weight is 284 g/mol. The van der Waals surface area contributed by atoms with Crippen LogP contribution in [0.3, 0.4) is 0 Å². The van der Waals surface area contributed by atoms with Gasteiger partial charge in [0.15, 0.2) is 0 Å². The number of carbonyl (C=O) groups is 1. The maximum Gasteiger partial charge on any atom is 0.139 e. The van der Waals surface area contributed by atoms with Gasteiger partial charge in [-0.25, -0.2) is 4.39 Å². The second-order valence-electron chi connectivity index (χ2n) is 5.55. The predicted octanol–water partition coefficient (Wildman–Crippen LogP) is 3.64. The summed E-state index contributed by atoms with van der Waals surface area (Å²) in [5.74, 6) is -0.329. The molecule has 0 aromatic heterocycles. The Morgan fingerprint density at radius 1 is 1.32 bits per heavy atom. The molecule has 0 bridgehead atoms. The quantitative estimate of drug-likeness (QED) is 0.917. The van der Waals surface area contributed by atoms with E-state index in [1.165, 1.54) is 24.6 Å². The van der Waals surface area contributed by atoms with E-state index in [9.17, 15) is 9.18 Å². The van der Waals surface area contributed by atoms with E-state index in [1.54, 1.807) is 0 Å². The van der Waals surface area contributed by atoms with E-state index in [-0.39, 0.29) is 23.6 Å². The van der Waals surface area contributed by atoms with E-state index in [0.29, 0.717) is 17.0 Å². The zero-order valence-corrected chi connectivity index (χ0v) is 11.7. The Morgan fingerprint density at radius 2 is 2.00 bits per heavy atom. The van der Waals surface area contributed by atoms with E-state index < -0.39 is 0 Å². The van der Waals surface area contributed by atoms with Crippen molar-refractivity contribution in [3.63, 3.8) is 0 Å². The largest absolute Gasteiger partial charge is 0.325 e. The van der Waals surface area contributed by atoms with Gasteiger partial charge in [0.05, 0.1) is 0 Å². The fourth-order valence-electron chi connectivity index (χ4n) is 2.78. The molecule has 1 aromatic rings. The molecule has 2 N–H and O–H groups in total. The minimum atomic E-state index is -0.368. The van der Waals surface area contributed by atoms with E-state index in [2.05, 4.69) is 0 Å². The molecular formula is C15H19ClFNO. The number of hydrogen-bond acceptors (Lipinski definition) is 2. The molecule has 104 valence electrons. The first-order chi connectivity index (χ1) is 8.98. The molecule has 1 aliphatic carbocycles. The average Bonchev–Trinajstić information content (AvgIpc) is 2.34. The van der Waals surface area contributed by atoms with Gasteiger partial charge >= 0.3 is 0 Å². The number of halogens is 2. The Morgan fingerprint density at radius 3 is 2.68 bits per heavy atom. The Labute approximate surface area is 118 Å². The van der Waals surface area contributed by atoms with Crippen LogP contribution in [0.2, 0.25) is 5.02 Å². The van der Waals surface area contributed by atoms with Crippen LogP contribution in [0.1, 0.15) is 44.1 Å². The van der Waals surface area contributed by atoms with Crippen LogP contribution in [0.25, 0.3) is 0 Å². The molecule has 0 radical (unpaired) electrons. The highest BCUT2D eigenvalue weighted by atomic mass is 35.5. The number of rotatable bonds is 4. The summed E-state index contributed by atoms with van der Waals surface area (Å²) >= 11 is 5.97. The van der Waals surface area contributed by atoms with Crippen molar-refractivity contribution in [3.8, 4) is 0 Å². The molecule has 1 aliphatic rings. The van der Waals surface area contributed by atoms with Gasteiger partial charge in [-0.15, -0.1) is 0 Å². The lowest BCUT2D eigenvalue weighted by Crippen LogP contribution is -2.43. The number of carbonyl (C=O) groups excluding carboxylic acids is 1. The maximum absolute atomic E-state index is 13.1. The highest BCUT2D eigenvalue weighted by Gasteiger charge is 2.29. The lowest BCUT2D eigenvalue weighted by atomic mass is 9.78. The first-order valence-electron chi connectivity index (χ1n) is 6.73. The van der Waals surface area contributed by atoms with Crippen LogP contribution >= 0.6 is 11.6 Å². The van der Waals surface area contributed by atoms with Gasteiger partial charge in [-0.05, 0) is 36.6 Å². The third-order valence-electron chi connectivity index (χ3n) is 3.79. The number of nitrogens with two attached hydrogens (primary N) is 1. The molecule has 2 nitrogen and oxygen atoms in total. The van der Waals surface area contributed by atoms with Crippen molar-refractivity contribution in [2.45, 2.75) is 50.5 Å². The van der Waals surface area contributed by atoms with Gasteiger partial charge in [-0.1, -0.05) is 30.9 Å². The minimum absolute atomic E-state index is 0.0388. The summed E-state index contributed by atoms with van der Waals surface area (Å²) in [7, 11) is 0. The molecule has 1 saturated carbocycles. The van der Waals surface area contributed by atoms with Crippen LogP contribution in [0.4, 0.5) is 4.39 Å². The Hall–Kier alpha value is -0.930. The zero-order chi connectivity index (χ0) is 13.9. The summed E-state index contributed by atoms with van der Waals surface area (Å²) in [5.41, 5.74) is 6.44. The molecule has 19 heavy (non-hydrogen) atoms. The molecule has 1 aromatic carbocycles. The molecule has 0 amide bonds. The lowest BCUT2D eigenvalue weighted by Gasteiger charge is -2.32. The number of benzene rings is 1. The molecule has 0 heterocycles. The molecule has 0 saturated heterocycles. The molecule has 2 rings (SSSR count). The van der Waals surface area contributed by atoms with Crippen LogP contribution in [0.15, 0.2) is 18.2 Å². The highest BCUT2D eigenvalue weighted by molar-refractivity contribution is 6.31. The first-order valence-corrected chi connectivity index (χ1v) is 7.11. The predicted molar refractivity (Wildman–Crippen MR) is 74.7 cm³/mol. The zero-order valence-electron chi connectivity index (χ0n) is 10.9. The van der Waals surface area contributed by atoms with E-state index in [0.717, 1.165) is 25.7 Å². The van der Waals surface area contributed by atoms with Crippen molar-refractivity contribution in [1.82, 2.24) is 0 Å². The van der Waals surface area contributed by atoms with Crippen molar-refractivity contribution in [3.05, 3.63) is 34.6 Å². The normalized spacial score (nSPS) is 18.3. The van der Waals surface area contributed by atoms with Crippen molar-refractivity contribution in [2.24, 2.45) is 5.73 Å². The van der Waals surface area contributed by atoms with Crippen LogP contribution in [0, 0.1) is 5.82 Å². The summed E-state index contributed by atoms with van der Waals surface area (Å²) in [6, 6.07) is 4.10. The first kappa shape index (κ1) is 14.5. The summed E-state index contributed by atoms with van der Waals surface area (Å²) < 4.78 is 13.1. The summed E-state index contributed by atoms with van der Waals surface area (Å²) in [6.45, 7) is 0. The molecule has 0 atom stereocenters. The monoisotopic (exact) mass is 283 g/mol. The Kier molecular flexibility index (Phi) is 4.58. The molecule has 0 spiro atoms. The fourth-order valence-corrected chi connectivity index (χ4v) is 2.96. The van der Waals surface area contributed by atoms with Crippen molar-refractivity contribution >= 4 is 17.4 Å². The standard InChI is InChI=1S/C15H19ClFNO/c16-14-5-4-12(17)8-11(14)9-13(19)10-15(18)6-2-1-3-7-15/h4-5,8H,1-3,6-7,9-10,18H2. The maximum atomic E-state index is 13.1. The highest BCUT2D eigenvalue weighted by Crippen LogP contribution is 2.29. The van der Waals surface area contributed by atoms with Crippen molar-refractivity contribution in [1.29, 1.82) is 0 Å². The third-order valence-corrected chi connectivity index (χ3v) is 4.16. The van der Waals surface area contributed by atoms with Crippen LogP contribution in [-0.2, 0) is 11.2 Å². The Balaban J connectivity index is 1.99. The van der Waals surface area contributed by atoms with Crippen LogP contribution in [-0.4, -0.2) is 11.3 Å². The van der Waals surface area contributed by atoms with E-state index in [4.69, 9.17) is 17.3 Å². The van der Waals surface area contributed by atoms with Crippen molar-refractivity contribution < 1.29 is 9.18 Å². The number of ketones is 1. The summed E-state index contributed by atoms with van der Waals surface area (Å²) in [6.07, 6.45) is 5.69. The van der Waals surface area contributed by atoms with Gasteiger partial charge in [0, 0.05) is 23.4 Å². The van der Waals surface area contributed by atoms with Gasteiger partial charge in [0.25, 0.3) is 0 Å². The van der Waals surface area contributed by atoms with E-state index >= 15 is 0 Å². The van der Waals surface area contributed by atoms with Gasteiger partial charge in [0.2, 0.25) is 0 Å². The van der Waals surface area contributed by atoms with Gasteiger partial charge in [-0.3, -0.25) is 4.79 Å². The molecule has 4 heteroatoms. The van der Waals surface area contributed by atoms with Gasteiger partial charge in [-0.2, -0.15) is 0 Å². The topological polar surface area (TPSA) is 43.1 Å². The molecule has 0 aliphatic heterocycles. The Bertz CT molecular complexity index is 469. The molecule has 0 unspecified atom stereocenters. The van der Waals surface area contributed by atoms with E-state index in [1.807, 2.05) is 0 Å². The second-order valence-corrected chi connectivity index (χ2v) is 5.96. The lowest BCUT2D eigenvalue weighted by molar-refractivity contribution is -0.119. The summed E-state index contributed by atoms with van der Waals surface area (Å²) in [4.78, 5) is 12.1. The SMILES string of the molecule is NC1(CC(=O)Cc2cc(F)ccc2Cl)CCCCC1. The van der Waals surface area contributed by atoms with Gasteiger partial charge < -0.3 is 5.73 Å². The third kappa shape index (κ3) is 4.02. The number of Topliss-reactive ketones (excluding diaryl/α,β-unsaturated/α-hetero) is 1. The second kappa shape index (κ2) is 6.02. The summed E-state index contributed by atoms with van der Waals surface area (Å²) in [5, 5.41) is 0.435. The van der Waals surface area contributed by atoms with Gasteiger partial charge in [0.1, 0.15) is 11.6 Å². The van der Waals surface area contributed by atoms with Crippen LogP contribution < -0.4 is 5.73 Å². The number of hydrogen-bond donors (Lipinski definition) is 1.